The van der Waals surface area contributed by atoms with Gasteiger partial charge in [0, 0.05) is 0 Å². The van der Waals surface area contributed by atoms with Gasteiger partial charge in [-0.05, 0) is 0 Å². The third kappa shape index (κ3) is 2.99. The number of hydrogen-bond acceptors (Lipinski definition) is 2. The van der Waals surface area contributed by atoms with E-state index in [1.54, 1.807) is 0 Å². The van der Waals surface area contributed by atoms with Gasteiger partial charge in [0.1, 0.15) is 12.2 Å². The largest absolute Gasteiger partial charge is 0.357 e. The Bertz CT molecular complexity index is 181. The Labute approximate surface area is 68.3 Å². The third-order valence-electron chi connectivity index (χ3n) is 1.48. The van der Waals surface area contributed by atoms with Crippen LogP contribution < -0.4 is 0 Å². The van der Waals surface area contributed by atoms with Crippen molar-refractivity contribution in [2.24, 2.45) is 0 Å². The van der Waals surface area contributed by atoms with Crippen LogP contribution in [-0.2, 0) is 9.53 Å². The van der Waals surface area contributed by atoms with Gasteiger partial charge in [-0.3, -0.25) is 0 Å². The summed E-state index contributed by atoms with van der Waals surface area (Å²) in [7, 11) is -1.10. The summed E-state index contributed by atoms with van der Waals surface area (Å²) in [4.78, 5) is 10.2. The highest BCUT2D eigenvalue weighted by molar-refractivity contribution is 6.80. The van der Waals surface area contributed by atoms with E-state index in [2.05, 4.69) is 25.3 Å². The van der Waals surface area contributed by atoms with Crippen molar-refractivity contribution in [2.45, 2.75) is 31.8 Å². The Kier molecular flexibility index (Phi) is 2.30. The normalized spacial score (nSPS) is 30.8. The van der Waals surface area contributed by atoms with Gasteiger partial charge in [0.15, 0.2) is 6.29 Å². The second-order valence-corrected chi connectivity index (χ2v) is 8.99. The highest BCUT2D eigenvalue weighted by Crippen LogP contribution is 2.21. The Hall–Kier alpha value is -0.413. The zero-order valence-corrected chi connectivity index (χ0v) is 8.20. The minimum atomic E-state index is -1.10. The van der Waals surface area contributed by atoms with Gasteiger partial charge in [-0.2, -0.15) is 0 Å². The molecular weight excluding hydrogens is 156 g/mol. The van der Waals surface area contributed by atoms with Crippen molar-refractivity contribution in [3.63, 3.8) is 0 Å². The maximum Gasteiger partial charge on any atom is 0.151 e. The molecule has 2 nitrogen and oxygen atoms in total. The zero-order valence-electron chi connectivity index (χ0n) is 7.20. The topological polar surface area (TPSA) is 29.6 Å². The molecule has 0 radical (unpaired) electrons. The van der Waals surface area contributed by atoms with Crippen molar-refractivity contribution in [2.75, 3.05) is 0 Å². The van der Waals surface area contributed by atoms with Crippen molar-refractivity contribution in [1.29, 1.82) is 0 Å². The molecule has 1 fully saturated rings. The van der Waals surface area contributed by atoms with Gasteiger partial charge in [-0.15, -0.1) is 0 Å². The van der Waals surface area contributed by atoms with E-state index in [1.807, 2.05) is 6.08 Å². The van der Waals surface area contributed by atoms with Crippen molar-refractivity contribution in [3.05, 3.63) is 11.8 Å². The third-order valence-corrected chi connectivity index (χ3v) is 2.67. The standard InChI is InChI=1S/C8H14O2Si/c1-11(2,3)5-4-7-8(6-9)10-7/h4-8H,1-3H3/b5-4+/t7-,8-/m0/s1. The molecule has 1 aliphatic heterocycles. The monoisotopic (exact) mass is 170 g/mol. The number of carbonyl (C=O) groups excluding carboxylic acids is 1. The SMILES string of the molecule is C[Si](C)(C)/C=C/[C@@H]1O[C@H]1C=O. The molecule has 1 aliphatic rings. The first-order valence-electron chi connectivity index (χ1n) is 3.83. The van der Waals surface area contributed by atoms with Crippen LogP contribution in [0, 0.1) is 0 Å². The first-order chi connectivity index (χ1) is 5.03. The summed E-state index contributed by atoms with van der Waals surface area (Å²) in [5.74, 6) is 0. The highest BCUT2D eigenvalue weighted by atomic mass is 28.3. The Morgan fingerprint density at radius 3 is 2.27 bits per heavy atom. The first kappa shape index (κ1) is 8.68. The van der Waals surface area contributed by atoms with Crippen LogP contribution in [0.25, 0.3) is 0 Å². The average molecular weight is 170 g/mol. The van der Waals surface area contributed by atoms with Gasteiger partial charge < -0.3 is 9.53 Å². The summed E-state index contributed by atoms with van der Waals surface area (Å²) in [5.41, 5.74) is 2.21. The van der Waals surface area contributed by atoms with Crippen LogP contribution in [0.3, 0.4) is 0 Å². The summed E-state index contributed by atoms with van der Waals surface area (Å²) in [6.07, 6.45) is 2.81. The lowest BCUT2D eigenvalue weighted by atomic mass is 10.3. The number of ether oxygens (including phenoxy) is 1. The molecule has 2 atom stereocenters. The van der Waals surface area contributed by atoms with E-state index in [4.69, 9.17) is 4.74 Å². The van der Waals surface area contributed by atoms with E-state index in [0.29, 0.717) is 0 Å². The fourth-order valence-corrected chi connectivity index (χ4v) is 1.55. The predicted octanol–water partition coefficient (Wildman–Crippen LogP) is 1.39. The van der Waals surface area contributed by atoms with E-state index >= 15 is 0 Å². The van der Waals surface area contributed by atoms with Crippen molar-refractivity contribution in [1.82, 2.24) is 0 Å². The lowest BCUT2D eigenvalue weighted by molar-refractivity contribution is -0.108. The van der Waals surface area contributed by atoms with Crippen molar-refractivity contribution >= 4 is 14.4 Å². The van der Waals surface area contributed by atoms with Gasteiger partial charge in [0.2, 0.25) is 0 Å². The summed E-state index contributed by atoms with van der Waals surface area (Å²) in [6.45, 7) is 6.76. The molecule has 1 heterocycles. The van der Waals surface area contributed by atoms with Crippen LogP contribution in [0.15, 0.2) is 11.8 Å². The maximum atomic E-state index is 10.2. The summed E-state index contributed by atoms with van der Waals surface area (Å²) >= 11 is 0. The molecule has 0 unspecified atom stereocenters. The summed E-state index contributed by atoms with van der Waals surface area (Å²) in [6, 6.07) is 0. The molecule has 1 saturated heterocycles. The smallest absolute Gasteiger partial charge is 0.151 e. The van der Waals surface area contributed by atoms with E-state index < -0.39 is 8.07 Å². The van der Waals surface area contributed by atoms with Crippen molar-refractivity contribution in [3.8, 4) is 0 Å². The van der Waals surface area contributed by atoms with Gasteiger partial charge in [0.25, 0.3) is 0 Å². The minimum Gasteiger partial charge on any atom is -0.357 e. The van der Waals surface area contributed by atoms with E-state index in [-0.39, 0.29) is 12.2 Å². The quantitative estimate of drug-likeness (QED) is 0.364. The predicted molar refractivity (Wildman–Crippen MR) is 47.2 cm³/mol. The van der Waals surface area contributed by atoms with E-state index in [0.717, 1.165) is 6.29 Å². The number of aldehydes is 1. The van der Waals surface area contributed by atoms with Crippen LogP contribution >= 0.6 is 0 Å². The van der Waals surface area contributed by atoms with Gasteiger partial charge in [-0.25, -0.2) is 0 Å². The Balaban J connectivity index is 2.33. The Morgan fingerprint density at radius 2 is 1.91 bits per heavy atom. The molecule has 0 aromatic rings. The molecular formula is C8H14O2Si. The molecule has 3 heteroatoms. The Morgan fingerprint density at radius 1 is 1.27 bits per heavy atom. The molecule has 1 rings (SSSR count). The maximum absolute atomic E-state index is 10.2. The van der Waals surface area contributed by atoms with Gasteiger partial charge >= 0.3 is 0 Å². The van der Waals surface area contributed by atoms with E-state index in [1.165, 1.54) is 0 Å². The van der Waals surface area contributed by atoms with Gasteiger partial charge in [-0.1, -0.05) is 31.4 Å². The molecule has 0 aromatic heterocycles. The number of epoxide rings is 1. The fourth-order valence-electron chi connectivity index (χ4n) is 0.784. The van der Waals surface area contributed by atoms with Crippen molar-refractivity contribution < 1.29 is 9.53 Å². The molecule has 0 aromatic carbocycles. The molecule has 0 spiro atoms. The molecule has 62 valence electrons. The first-order valence-corrected chi connectivity index (χ1v) is 7.41. The molecule has 11 heavy (non-hydrogen) atoms. The average Bonchev–Trinajstić information content (AvgIpc) is 2.60. The van der Waals surface area contributed by atoms with Crippen LogP contribution in [0.5, 0.6) is 0 Å². The van der Waals surface area contributed by atoms with Gasteiger partial charge in [0.05, 0.1) is 8.07 Å². The van der Waals surface area contributed by atoms with Crippen LogP contribution in [-0.4, -0.2) is 26.6 Å². The molecule has 0 saturated carbocycles. The molecule has 0 amide bonds. The second-order valence-electron chi connectivity index (χ2n) is 3.93. The van der Waals surface area contributed by atoms with Crippen LogP contribution in [0.4, 0.5) is 0 Å². The van der Waals surface area contributed by atoms with Crippen LogP contribution in [0.1, 0.15) is 0 Å². The summed E-state index contributed by atoms with van der Waals surface area (Å²) < 4.78 is 5.03. The fraction of sp³-hybridized carbons (Fsp3) is 0.625. The molecule has 0 aliphatic carbocycles. The second kappa shape index (κ2) is 2.91. The zero-order chi connectivity index (χ0) is 8.48. The lowest BCUT2D eigenvalue weighted by Gasteiger charge is -2.06. The highest BCUT2D eigenvalue weighted by Gasteiger charge is 2.36. The number of hydrogen-bond donors (Lipinski definition) is 0. The number of carbonyl (C=O) groups is 1. The van der Waals surface area contributed by atoms with Crippen LogP contribution in [0.2, 0.25) is 19.6 Å². The summed E-state index contributed by atoms with van der Waals surface area (Å²) in [5, 5.41) is 0. The number of rotatable bonds is 3. The lowest BCUT2D eigenvalue weighted by Crippen LogP contribution is -2.15. The minimum absolute atomic E-state index is 0.0826. The molecule has 0 bridgehead atoms. The molecule has 0 N–H and O–H groups in total. The van der Waals surface area contributed by atoms with E-state index in [9.17, 15) is 4.79 Å².